The van der Waals surface area contributed by atoms with E-state index < -0.39 is 0 Å². The molecule has 2 aromatic heterocycles. The van der Waals surface area contributed by atoms with E-state index in [1.165, 1.54) is 0 Å². The number of carbonyl (C=O) groups excluding carboxylic acids is 1. The number of amides is 1. The van der Waals surface area contributed by atoms with E-state index in [0.29, 0.717) is 36.2 Å². The summed E-state index contributed by atoms with van der Waals surface area (Å²) >= 11 is 0. The Kier molecular flexibility index (Phi) is 4.97. The van der Waals surface area contributed by atoms with Crippen LogP contribution in [0.15, 0.2) is 57.7 Å². The van der Waals surface area contributed by atoms with Crippen molar-refractivity contribution in [1.82, 2.24) is 19.4 Å². The fourth-order valence-corrected chi connectivity index (χ4v) is 4.92. The van der Waals surface area contributed by atoms with Gasteiger partial charge in [0.15, 0.2) is 11.5 Å². The first-order valence-corrected chi connectivity index (χ1v) is 11.8. The first-order valence-electron chi connectivity index (χ1n) is 11.8. The molecule has 1 saturated carbocycles. The third-order valence-corrected chi connectivity index (χ3v) is 6.79. The van der Waals surface area contributed by atoms with Crippen LogP contribution in [-0.2, 0) is 11.2 Å². The van der Waals surface area contributed by atoms with E-state index in [2.05, 4.69) is 4.98 Å². The molecule has 7 nitrogen and oxygen atoms in total. The number of nitrogens with zero attached hydrogens (tertiary/aromatic N) is 4. The summed E-state index contributed by atoms with van der Waals surface area (Å²) < 4.78 is 7.80. The largest absolute Gasteiger partial charge is 0.440 e. The molecule has 1 unspecified atom stereocenters. The van der Waals surface area contributed by atoms with Gasteiger partial charge in [-0.1, -0.05) is 24.3 Å². The van der Waals surface area contributed by atoms with E-state index in [0.717, 1.165) is 49.2 Å². The van der Waals surface area contributed by atoms with Gasteiger partial charge in [0.05, 0.1) is 16.8 Å². The third-order valence-electron chi connectivity index (χ3n) is 6.79. The van der Waals surface area contributed by atoms with Crippen molar-refractivity contribution in [1.29, 1.82) is 0 Å². The number of carbonyl (C=O) groups is 1. The first-order chi connectivity index (χ1) is 16.2. The lowest BCUT2D eigenvalue weighted by Crippen LogP contribution is -2.39. The molecule has 0 bridgehead atoms. The zero-order valence-electron chi connectivity index (χ0n) is 18.4. The SMILES string of the molecule is O=C(CCc1nc2ccccc2c(=O)n1C1CC1)N1CCCC(c2nc3ccccc3o2)C1. The molecular formula is C26H26N4O3. The van der Waals surface area contributed by atoms with Crippen LogP contribution in [0.4, 0.5) is 0 Å². The van der Waals surface area contributed by atoms with Gasteiger partial charge in [-0.15, -0.1) is 0 Å². The number of aromatic nitrogens is 3. The topological polar surface area (TPSA) is 81.2 Å². The maximum Gasteiger partial charge on any atom is 0.261 e. The quantitative estimate of drug-likeness (QED) is 0.462. The van der Waals surface area contributed by atoms with Gasteiger partial charge >= 0.3 is 0 Å². The Morgan fingerprint density at radius 2 is 1.79 bits per heavy atom. The number of oxazole rings is 1. The number of aryl methyl sites for hydroxylation is 1. The molecule has 0 N–H and O–H groups in total. The maximum atomic E-state index is 13.1. The van der Waals surface area contributed by atoms with Crippen molar-refractivity contribution in [3.63, 3.8) is 0 Å². The molecule has 6 rings (SSSR count). The van der Waals surface area contributed by atoms with Gasteiger partial charge in [-0.3, -0.25) is 14.2 Å². The minimum atomic E-state index is 0.0135. The van der Waals surface area contributed by atoms with Crippen LogP contribution in [0.1, 0.15) is 55.8 Å². The first kappa shape index (κ1) is 20.1. The van der Waals surface area contributed by atoms with Gasteiger partial charge < -0.3 is 9.32 Å². The summed E-state index contributed by atoms with van der Waals surface area (Å²) in [5, 5.41) is 0.650. The van der Waals surface area contributed by atoms with Crippen molar-refractivity contribution in [2.75, 3.05) is 13.1 Å². The summed E-state index contributed by atoms with van der Waals surface area (Å²) in [5.74, 6) is 1.65. The highest BCUT2D eigenvalue weighted by Gasteiger charge is 2.30. The van der Waals surface area contributed by atoms with Crippen molar-refractivity contribution in [3.8, 4) is 0 Å². The summed E-state index contributed by atoms with van der Waals surface area (Å²) in [6, 6.07) is 15.5. The molecule has 2 aliphatic rings. The average molecular weight is 443 g/mol. The summed E-state index contributed by atoms with van der Waals surface area (Å²) in [6.45, 7) is 1.36. The average Bonchev–Trinajstić information content (AvgIpc) is 3.59. The number of hydrogen-bond acceptors (Lipinski definition) is 5. The zero-order valence-corrected chi connectivity index (χ0v) is 18.4. The minimum Gasteiger partial charge on any atom is -0.440 e. The molecule has 2 aromatic carbocycles. The number of likely N-dealkylation sites (tertiary alicyclic amines) is 1. The Bertz CT molecular complexity index is 1370. The highest BCUT2D eigenvalue weighted by Crippen LogP contribution is 2.35. The Morgan fingerprint density at radius 3 is 2.61 bits per heavy atom. The Hall–Kier alpha value is -3.48. The molecule has 7 heteroatoms. The lowest BCUT2D eigenvalue weighted by Gasteiger charge is -2.31. The van der Waals surface area contributed by atoms with Gasteiger partial charge in [-0.2, -0.15) is 0 Å². The van der Waals surface area contributed by atoms with Gasteiger partial charge in [-0.25, -0.2) is 9.97 Å². The van der Waals surface area contributed by atoms with Crippen molar-refractivity contribution in [3.05, 3.63) is 70.6 Å². The highest BCUT2D eigenvalue weighted by molar-refractivity contribution is 5.78. The second kappa shape index (κ2) is 8.14. The molecule has 1 amide bonds. The molecular weight excluding hydrogens is 416 g/mol. The smallest absolute Gasteiger partial charge is 0.261 e. The van der Waals surface area contributed by atoms with Gasteiger partial charge in [0.25, 0.3) is 5.56 Å². The summed E-state index contributed by atoms with van der Waals surface area (Å²) in [5.41, 5.74) is 2.36. The molecule has 0 radical (unpaired) electrons. The van der Waals surface area contributed by atoms with Crippen LogP contribution in [0.3, 0.4) is 0 Å². The third kappa shape index (κ3) is 3.81. The van der Waals surface area contributed by atoms with Gasteiger partial charge in [0, 0.05) is 32.0 Å². The van der Waals surface area contributed by atoms with Crippen LogP contribution in [-0.4, -0.2) is 38.4 Å². The Labute approximate surface area is 191 Å². The molecule has 2 fully saturated rings. The van der Waals surface area contributed by atoms with E-state index >= 15 is 0 Å². The number of fused-ring (bicyclic) bond motifs is 2. The van der Waals surface area contributed by atoms with E-state index in [4.69, 9.17) is 9.40 Å². The summed E-state index contributed by atoms with van der Waals surface area (Å²) in [6.07, 6.45) is 4.70. The molecule has 1 saturated heterocycles. The van der Waals surface area contributed by atoms with E-state index in [9.17, 15) is 9.59 Å². The van der Waals surface area contributed by atoms with Crippen LogP contribution in [0, 0.1) is 0 Å². The summed E-state index contributed by atoms with van der Waals surface area (Å²) in [4.78, 5) is 37.5. The Morgan fingerprint density at radius 1 is 1.00 bits per heavy atom. The van der Waals surface area contributed by atoms with E-state index in [-0.39, 0.29) is 23.4 Å². The number of benzene rings is 2. The van der Waals surface area contributed by atoms with Gasteiger partial charge in [0.1, 0.15) is 11.3 Å². The second-order valence-electron chi connectivity index (χ2n) is 9.15. The Balaban J connectivity index is 1.19. The number of para-hydroxylation sites is 3. The molecule has 168 valence electrons. The molecule has 4 aromatic rings. The fraction of sp³-hybridized carbons (Fsp3) is 0.385. The van der Waals surface area contributed by atoms with Crippen LogP contribution >= 0.6 is 0 Å². The molecule has 1 aliphatic heterocycles. The summed E-state index contributed by atoms with van der Waals surface area (Å²) in [7, 11) is 0. The molecule has 3 heterocycles. The van der Waals surface area contributed by atoms with Crippen molar-refractivity contribution in [2.45, 2.75) is 50.5 Å². The second-order valence-corrected chi connectivity index (χ2v) is 9.15. The number of piperidine rings is 1. The van der Waals surface area contributed by atoms with Gasteiger partial charge in [0.2, 0.25) is 5.91 Å². The monoisotopic (exact) mass is 442 g/mol. The van der Waals surface area contributed by atoms with Crippen molar-refractivity contribution in [2.24, 2.45) is 0 Å². The minimum absolute atomic E-state index is 0.0135. The van der Waals surface area contributed by atoms with E-state index in [1.807, 2.05) is 58.0 Å². The number of hydrogen-bond donors (Lipinski definition) is 0. The standard InChI is InChI=1S/C26H26N4O3/c31-24(29-15-5-6-17(16-29)25-28-21-9-3-4-10-22(21)33-25)14-13-23-27-20-8-2-1-7-19(20)26(32)30(23)18-11-12-18/h1-4,7-10,17-18H,5-6,11-16H2. The van der Waals surface area contributed by atoms with Crippen molar-refractivity contribution < 1.29 is 9.21 Å². The van der Waals surface area contributed by atoms with Crippen LogP contribution in [0.2, 0.25) is 0 Å². The zero-order chi connectivity index (χ0) is 22.4. The predicted octanol–water partition coefficient (Wildman–Crippen LogP) is 4.21. The molecule has 1 atom stereocenters. The normalized spacial score (nSPS) is 18.8. The van der Waals surface area contributed by atoms with Crippen LogP contribution < -0.4 is 5.56 Å². The lowest BCUT2D eigenvalue weighted by molar-refractivity contribution is -0.132. The predicted molar refractivity (Wildman–Crippen MR) is 125 cm³/mol. The van der Waals surface area contributed by atoms with E-state index in [1.54, 1.807) is 0 Å². The van der Waals surface area contributed by atoms with Crippen LogP contribution in [0.25, 0.3) is 22.0 Å². The van der Waals surface area contributed by atoms with Gasteiger partial charge in [-0.05, 0) is 49.9 Å². The maximum absolute atomic E-state index is 13.1. The highest BCUT2D eigenvalue weighted by atomic mass is 16.3. The molecule has 1 aliphatic carbocycles. The number of rotatable bonds is 5. The molecule has 0 spiro atoms. The van der Waals surface area contributed by atoms with Crippen molar-refractivity contribution >= 4 is 27.9 Å². The lowest BCUT2D eigenvalue weighted by atomic mass is 9.97. The fourth-order valence-electron chi connectivity index (χ4n) is 4.92. The molecule has 33 heavy (non-hydrogen) atoms. The van der Waals surface area contributed by atoms with Crippen LogP contribution in [0.5, 0.6) is 0 Å².